The molecule has 6 heteroatoms. The van der Waals surface area contributed by atoms with Crippen molar-refractivity contribution in [1.82, 2.24) is 4.72 Å². The van der Waals surface area contributed by atoms with Gasteiger partial charge in [0.15, 0.2) is 0 Å². The first kappa shape index (κ1) is 17.7. The second kappa shape index (κ2) is 8.80. The molecule has 0 aliphatic carbocycles. The Hall–Kier alpha value is -1.39. The van der Waals surface area contributed by atoms with E-state index in [0.29, 0.717) is 6.54 Å². The van der Waals surface area contributed by atoms with Gasteiger partial charge in [-0.1, -0.05) is 24.0 Å². The second-order valence-electron chi connectivity index (χ2n) is 4.76. The number of sulfonamides is 1. The normalized spacial score (nSPS) is 11.2. The van der Waals surface area contributed by atoms with Crippen LogP contribution in [0.3, 0.4) is 0 Å². The number of benzene rings is 1. The first-order chi connectivity index (χ1) is 9.93. The predicted octanol–water partition coefficient (Wildman–Crippen LogP) is 0.841. The molecule has 1 aromatic carbocycles. The van der Waals surface area contributed by atoms with E-state index >= 15 is 0 Å². The molecule has 5 nitrogen and oxygen atoms in total. The van der Waals surface area contributed by atoms with Crippen LogP contribution in [0.4, 0.5) is 0 Å². The fraction of sp³-hybridized carbons (Fsp3) is 0.467. The Labute approximate surface area is 126 Å². The van der Waals surface area contributed by atoms with Crippen LogP contribution in [0.1, 0.15) is 25.0 Å². The van der Waals surface area contributed by atoms with Gasteiger partial charge >= 0.3 is 0 Å². The Morgan fingerprint density at radius 2 is 1.95 bits per heavy atom. The van der Waals surface area contributed by atoms with Crippen molar-refractivity contribution >= 4 is 10.0 Å². The molecular formula is C15H22N2O3S. The molecule has 1 rings (SSSR count). The fourth-order valence-corrected chi connectivity index (χ4v) is 2.36. The third-order valence-electron chi connectivity index (χ3n) is 2.59. The Bertz CT molecular complexity index is 584. The minimum Gasteiger partial charge on any atom is -0.378 e. The van der Waals surface area contributed by atoms with E-state index in [2.05, 4.69) is 16.6 Å². The summed E-state index contributed by atoms with van der Waals surface area (Å²) in [7, 11) is -3.32. The number of rotatable bonds is 7. The summed E-state index contributed by atoms with van der Waals surface area (Å²) in [6, 6.07) is 7.36. The molecule has 0 fully saturated rings. The van der Waals surface area contributed by atoms with Gasteiger partial charge in [-0.15, -0.1) is 0 Å². The molecule has 0 aliphatic heterocycles. The Kier molecular flexibility index (Phi) is 7.40. The first-order valence-corrected chi connectivity index (χ1v) is 8.45. The van der Waals surface area contributed by atoms with Crippen LogP contribution in [-0.4, -0.2) is 33.4 Å². The van der Waals surface area contributed by atoms with Crippen LogP contribution in [0.2, 0.25) is 0 Å². The molecule has 21 heavy (non-hydrogen) atoms. The Morgan fingerprint density at radius 3 is 2.52 bits per heavy atom. The largest absolute Gasteiger partial charge is 0.378 e. The van der Waals surface area contributed by atoms with Crippen LogP contribution in [0, 0.1) is 11.8 Å². The van der Waals surface area contributed by atoms with E-state index in [9.17, 15) is 8.42 Å². The van der Waals surface area contributed by atoms with Crippen LogP contribution < -0.4 is 10.5 Å². The molecule has 116 valence electrons. The summed E-state index contributed by atoms with van der Waals surface area (Å²) in [5.41, 5.74) is 7.04. The van der Waals surface area contributed by atoms with Crippen LogP contribution in [0.5, 0.6) is 0 Å². The van der Waals surface area contributed by atoms with Gasteiger partial charge in [0.1, 0.15) is 0 Å². The maximum atomic E-state index is 11.8. The van der Waals surface area contributed by atoms with Crippen molar-refractivity contribution < 1.29 is 13.2 Å². The molecule has 0 bridgehead atoms. The highest BCUT2D eigenvalue weighted by Crippen LogP contribution is 2.04. The van der Waals surface area contributed by atoms with E-state index < -0.39 is 10.0 Å². The van der Waals surface area contributed by atoms with Crippen molar-refractivity contribution in [3.63, 3.8) is 0 Å². The van der Waals surface area contributed by atoms with Crippen LogP contribution in [0.25, 0.3) is 0 Å². The van der Waals surface area contributed by atoms with E-state index in [1.54, 1.807) is 0 Å². The van der Waals surface area contributed by atoms with Gasteiger partial charge in [0.05, 0.1) is 25.0 Å². The zero-order valence-electron chi connectivity index (χ0n) is 12.4. The van der Waals surface area contributed by atoms with Crippen molar-refractivity contribution in [2.75, 3.05) is 18.9 Å². The average Bonchev–Trinajstić information content (AvgIpc) is 2.43. The highest BCUT2D eigenvalue weighted by molar-refractivity contribution is 7.89. The van der Waals surface area contributed by atoms with Crippen molar-refractivity contribution in [3.8, 4) is 11.8 Å². The van der Waals surface area contributed by atoms with Gasteiger partial charge in [0.2, 0.25) is 10.0 Å². The quantitative estimate of drug-likeness (QED) is 0.731. The third-order valence-corrected chi connectivity index (χ3v) is 3.88. The van der Waals surface area contributed by atoms with Crippen LogP contribution in [0.15, 0.2) is 24.3 Å². The van der Waals surface area contributed by atoms with Gasteiger partial charge in [-0.3, -0.25) is 0 Å². The summed E-state index contributed by atoms with van der Waals surface area (Å²) < 4.78 is 31.3. The molecule has 1 aromatic rings. The molecule has 0 radical (unpaired) electrons. The second-order valence-corrected chi connectivity index (χ2v) is 6.69. The van der Waals surface area contributed by atoms with E-state index in [0.717, 1.165) is 11.1 Å². The summed E-state index contributed by atoms with van der Waals surface area (Å²) in [6.07, 6.45) is 0.0300. The number of nitrogens with one attached hydrogen (secondary N) is 1. The van der Waals surface area contributed by atoms with Crippen molar-refractivity contribution in [1.29, 1.82) is 0 Å². The molecule has 0 atom stereocenters. The lowest BCUT2D eigenvalue weighted by atomic mass is 10.1. The predicted molar refractivity (Wildman–Crippen MR) is 84.1 cm³/mol. The molecule has 0 saturated carbocycles. The van der Waals surface area contributed by atoms with Crippen molar-refractivity contribution in [2.24, 2.45) is 5.73 Å². The van der Waals surface area contributed by atoms with Gasteiger partial charge in [0, 0.05) is 12.1 Å². The Morgan fingerprint density at radius 1 is 1.29 bits per heavy atom. The molecule has 0 saturated heterocycles. The lowest BCUT2D eigenvalue weighted by Gasteiger charge is -2.09. The zero-order valence-corrected chi connectivity index (χ0v) is 13.2. The van der Waals surface area contributed by atoms with Gasteiger partial charge < -0.3 is 10.5 Å². The summed E-state index contributed by atoms with van der Waals surface area (Å²) >= 11 is 0. The fourth-order valence-electron chi connectivity index (χ4n) is 1.52. The van der Waals surface area contributed by atoms with Crippen LogP contribution >= 0.6 is 0 Å². The summed E-state index contributed by atoms with van der Waals surface area (Å²) in [5.74, 6) is 5.64. The summed E-state index contributed by atoms with van der Waals surface area (Å²) in [4.78, 5) is 0. The highest BCUT2D eigenvalue weighted by atomic mass is 32.2. The monoisotopic (exact) mass is 310 g/mol. The van der Waals surface area contributed by atoms with Crippen LogP contribution in [-0.2, 0) is 21.3 Å². The van der Waals surface area contributed by atoms with Gasteiger partial charge in [-0.25, -0.2) is 13.1 Å². The number of hydrogen-bond acceptors (Lipinski definition) is 4. The maximum Gasteiger partial charge on any atom is 0.214 e. The molecule has 0 aromatic heterocycles. The van der Waals surface area contributed by atoms with Gasteiger partial charge in [0.25, 0.3) is 0 Å². The summed E-state index contributed by atoms with van der Waals surface area (Å²) in [5, 5.41) is 0. The molecule has 0 aliphatic rings. The molecular weight excluding hydrogens is 288 g/mol. The minimum atomic E-state index is -3.32. The number of nitrogens with two attached hydrogens (primary N) is 1. The smallest absolute Gasteiger partial charge is 0.214 e. The van der Waals surface area contributed by atoms with Gasteiger partial charge in [-0.05, 0) is 31.5 Å². The molecule has 0 unspecified atom stereocenters. The Balaban J connectivity index is 2.47. The number of ether oxygens (including phenoxy) is 1. The SMILES string of the molecule is CC(C)OCCS(=O)(=O)NCc1ccc(C#CCN)cc1. The number of hydrogen-bond donors (Lipinski definition) is 2. The molecule has 0 amide bonds. The topological polar surface area (TPSA) is 81.4 Å². The van der Waals surface area contributed by atoms with E-state index in [-0.39, 0.29) is 25.0 Å². The van der Waals surface area contributed by atoms with E-state index in [1.807, 2.05) is 38.1 Å². The summed E-state index contributed by atoms with van der Waals surface area (Å²) in [6.45, 7) is 4.51. The molecule has 0 heterocycles. The van der Waals surface area contributed by atoms with Gasteiger partial charge in [-0.2, -0.15) is 0 Å². The standard InChI is InChI=1S/C15H22N2O3S/c1-13(2)20-10-11-21(18,19)17-12-15-7-5-14(6-8-15)4-3-9-16/h5-8,13,17H,9-12,16H2,1-2H3. The minimum absolute atomic E-state index is 0.0300. The molecule has 0 spiro atoms. The van der Waals surface area contributed by atoms with E-state index in [4.69, 9.17) is 10.5 Å². The molecule has 3 N–H and O–H groups in total. The lowest BCUT2D eigenvalue weighted by molar-refractivity contribution is 0.0911. The third kappa shape index (κ3) is 7.83. The maximum absolute atomic E-state index is 11.8. The van der Waals surface area contributed by atoms with E-state index in [1.165, 1.54) is 0 Å². The van der Waals surface area contributed by atoms with Crippen molar-refractivity contribution in [2.45, 2.75) is 26.5 Å². The van der Waals surface area contributed by atoms with Crippen molar-refractivity contribution in [3.05, 3.63) is 35.4 Å². The zero-order chi connectivity index (χ0) is 15.7. The lowest BCUT2D eigenvalue weighted by Crippen LogP contribution is -2.28. The highest BCUT2D eigenvalue weighted by Gasteiger charge is 2.10. The first-order valence-electron chi connectivity index (χ1n) is 6.80. The average molecular weight is 310 g/mol.